The molecule has 6 heterocycles. The lowest BCUT2D eigenvalue weighted by Crippen LogP contribution is -2.37. The maximum Gasteiger partial charge on any atom is 0.386 e. The molecule has 2 aliphatic heterocycles. The molecule has 1 aliphatic carbocycles. The van der Waals surface area contributed by atoms with Crippen molar-refractivity contribution in [2.75, 3.05) is 31.8 Å². The van der Waals surface area contributed by atoms with E-state index < -0.39 is 55.7 Å². The van der Waals surface area contributed by atoms with Gasteiger partial charge in [-0.05, 0) is 18.9 Å². The predicted molar refractivity (Wildman–Crippen MR) is 166 cm³/mol. The molecule has 2 saturated heterocycles. The quantitative estimate of drug-likeness (QED) is 0.152. The van der Waals surface area contributed by atoms with Gasteiger partial charge in [-0.2, -0.15) is 4.98 Å². The van der Waals surface area contributed by atoms with Crippen LogP contribution in [0.5, 0.6) is 0 Å². The number of aromatic amines is 1. The Morgan fingerprint density at radius 1 is 1.02 bits per heavy atom. The minimum atomic E-state index is -4.12. The van der Waals surface area contributed by atoms with E-state index in [9.17, 15) is 13.9 Å². The monoisotopic (exact) mass is 701 g/mol. The van der Waals surface area contributed by atoms with Crippen molar-refractivity contribution in [2.24, 2.45) is 5.92 Å². The molecule has 4 aromatic rings. The number of imidazole rings is 1. The first-order valence-electron chi connectivity index (χ1n) is 13.7. The fourth-order valence-electron chi connectivity index (χ4n) is 6.21. The maximum absolute atomic E-state index is 13.7. The Labute approximate surface area is 264 Å². The Hall–Kier alpha value is -2.51. The molecule has 4 aromatic heterocycles. The summed E-state index contributed by atoms with van der Waals surface area (Å²) in [5.41, 5.74) is 11.9. The topological polar surface area (TPSA) is 236 Å². The van der Waals surface area contributed by atoms with Gasteiger partial charge in [0.1, 0.15) is 36.1 Å². The molecule has 1 unspecified atom stereocenters. The van der Waals surface area contributed by atoms with Crippen molar-refractivity contribution in [1.82, 2.24) is 34.1 Å². The average Bonchev–Trinajstić information content (AvgIpc) is 3.74. The first kappa shape index (κ1) is 31.1. The van der Waals surface area contributed by atoms with Crippen molar-refractivity contribution in [3.63, 3.8) is 0 Å². The highest BCUT2D eigenvalue weighted by atomic mass is 32.7. The second-order valence-corrected chi connectivity index (χ2v) is 16.6. The molecule has 2 bridgehead atoms. The van der Waals surface area contributed by atoms with Crippen molar-refractivity contribution in [3.05, 3.63) is 35.3 Å². The molecular weight excluding hydrogens is 672 g/mol. The standard InChI is InChI=1S/C23H29N9O9P2S2/c1-36-16-14-7-38-42(34,44)40-13-5-11(31-3-2-12-18(24)26-8-27-19(12)31)4-10(13)6-37-43(35,45)41-17(16)22(39-14)32-9-28-15-20(32)29-23(25)30-21(15)33/h2-3,8-11,13-14,16-17,22H,4-7H2,1H3,(H,34,44)(H,35,45)(H2,24,26,27)(H3,25,29,30,33)/t10-,11-,13+,14-,16-,17-,22-,42?,43+/m1/s1. The van der Waals surface area contributed by atoms with Crippen molar-refractivity contribution >= 4 is 72.1 Å². The van der Waals surface area contributed by atoms with Crippen molar-refractivity contribution < 1.29 is 36.7 Å². The molecule has 3 aliphatic rings. The molecule has 45 heavy (non-hydrogen) atoms. The zero-order chi connectivity index (χ0) is 31.7. The molecule has 0 spiro atoms. The van der Waals surface area contributed by atoms with E-state index >= 15 is 0 Å². The molecule has 9 atom stereocenters. The lowest BCUT2D eigenvalue weighted by molar-refractivity contribution is -0.0515. The average molecular weight is 702 g/mol. The van der Waals surface area contributed by atoms with Gasteiger partial charge in [-0.3, -0.25) is 27.9 Å². The third-order valence-corrected chi connectivity index (χ3v) is 11.5. The van der Waals surface area contributed by atoms with E-state index in [-0.39, 0.29) is 36.4 Å². The molecule has 0 radical (unpaired) electrons. The predicted octanol–water partition coefficient (Wildman–Crippen LogP) is 2.49. The molecular formula is C23H29N9O9P2S2. The SMILES string of the molecule is CO[C@H]1[C@H]2O[P@@](=O)(S)OC[C@H]3C[C@@H](n4ccc5c(N)ncnc54)C[C@@H]3OP(=O)(S)OC[C@H]1O[C@H]2n1cnc2c(=O)[nH]c(N)nc21. The Bertz CT molecular complexity index is 1920. The van der Waals surface area contributed by atoms with Crippen LogP contribution in [0.3, 0.4) is 0 Å². The van der Waals surface area contributed by atoms with Gasteiger partial charge in [-0.25, -0.2) is 24.1 Å². The summed E-state index contributed by atoms with van der Waals surface area (Å²) < 4.78 is 66.0. The van der Waals surface area contributed by atoms with E-state index in [4.69, 9.17) is 39.0 Å². The van der Waals surface area contributed by atoms with Crippen LogP contribution in [0, 0.1) is 5.92 Å². The number of anilines is 2. The number of thiol groups is 2. The number of methoxy groups -OCH3 is 1. The fourth-order valence-corrected chi connectivity index (χ4v) is 9.27. The van der Waals surface area contributed by atoms with Crippen LogP contribution in [-0.2, 0) is 36.7 Å². The van der Waals surface area contributed by atoms with Gasteiger partial charge in [-0.1, -0.05) is 24.5 Å². The number of hydrogen-bond acceptors (Lipinski definition) is 15. The van der Waals surface area contributed by atoms with E-state index in [1.807, 2.05) is 16.8 Å². The van der Waals surface area contributed by atoms with Gasteiger partial charge in [-0.15, -0.1) is 0 Å². The van der Waals surface area contributed by atoms with Crippen LogP contribution in [-0.4, -0.2) is 78.8 Å². The normalized spacial score (nSPS) is 36.0. The van der Waals surface area contributed by atoms with Crippen LogP contribution in [0.15, 0.2) is 29.7 Å². The molecule has 1 saturated carbocycles. The van der Waals surface area contributed by atoms with Gasteiger partial charge in [0.25, 0.3) is 5.56 Å². The number of nitrogen functional groups attached to an aromatic ring is 2. The lowest BCUT2D eigenvalue weighted by Gasteiger charge is -2.27. The van der Waals surface area contributed by atoms with Crippen molar-refractivity contribution in [1.29, 1.82) is 0 Å². The molecule has 242 valence electrons. The molecule has 18 nitrogen and oxygen atoms in total. The number of H-pyrrole nitrogens is 1. The minimum Gasteiger partial charge on any atom is -0.383 e. The van der Waals surface area contributed by atoms with Gasteiger partial charge < -0.3 is 30.0 Å². The number of nitrogens with zero attached hydrogens (tertiary/aromatic N) is 6. The third-order valence-electron chi connectivity index (χ3n) is 8.20. The highest BCUT2D eigenvalue weighted by Crippen LogP contribution is 2.61. The number of hydrogen-bond donors (Lipinski definition) is 5. The van der Waals surface area contributed by atoms with Crippen LogP contribution in [0.4, 0.5) is 11.8 Å². The zero-order valence-electron chi connectivity index (χ0n) is 23.5. The Morgan fingerprint density at radius 3 is 2.60 bits per heavy atom. The molecule has 5 N–H and O–H groups in total. The van der Waals surface area contributed by atoms with Gasteiger partial charge in [0, 0.05) is 25.3 Å². The number of ether oxygens (including phenoxy) is 2. The van der Waals surface area contributed by atoms with E-state index in [2.05, 4.69) is 49.4 Å². The van der Waals surface area contributed by atoms with Crippen LogP contribution >= 0.6 is 38.1 Å². The first-order valence-corrected chi connectivity index (χ1v) is 19.1. The maximum atomic E-state index is 13.7. The second-order valence-electron chi connectivity index (χ2n) is 10.9. The van der Waals surface area contributed by atoms with E-state index in [1.54, 1.807) is 0 Å². The Balaban J connectivity index is 1.20. The van der Waals surface area contributed by atoms with Crippen molar-refractivity contribution in [3.8, 4) is 0 Å². The number of rotatable bonds is 3. The van der Waals surface area contributed by atoms with E-state index in [0.29, 0.717) is 29.7 Å². The first-order chi connectivity index (χ1) is 21.4. The Morgan fingerprint density at radius 2 is 1.80 bits per heavy atom. The summed E-state index contributed by atoms with van der Waals surface area (Å²) in [4.78, 5) is 31.5. The summed E-state index contributed by atoms with van der Waals surface area (Å²) in [6.07, 6.45) is 0.587. The minimum absolute atomic E-state index is 0.0142. The number of nitrogens with one attached hydrogen (secondary N) is 1. The summed E-state index contributed by atoms with van der Waals surface area (Å²) in [7, 11) is 1.39. The molecule has 22 heteroatoms. The highest BCUT2D eigenvalue weighted by Gasteiger charge is 2.52. The number of nitrogens with two attached hydrogens (primary N) is 2. The number of aromatic nitrogens is 7. The van der Waals surface area contributed by atoms with E-state index in [1.165, 1.54) is 24.3 Å². The van der Waals surface area contributed by atoms with Gasteiger partial charge in [0.15, 0.2) is 17.4 Å². The number of fused-ring (bicyclic) bond motifs is 5. The largest absolute Gasteiger partial charge is 0.386 e. The summed E-state index contributed by atoms with van der Waals surface area (Å²) in [5.74, 6) is -0.223. The second kappa shape index (κ2) is 11.6. The fraction of sp³-hybridized carbons (Fsp3) is 0.522. The van der Waals surface area contributed by atoms with E-state index in [0.717, 1.165) is 0 Å². The summed E-state index contributed by atoms with van der Waals surface area (Å²) in [6, 6.07) is 1.65. The van der Waals surface area contributed by atoms with Gasteiger partial charge in [0.2, 0.25) is 5.95 Å². The molecule has 7 rings (SSSR count). The Kier molecular flexibility index (Phi) is 8.04. The van der Waals surface area contributed by atoms with Gasteiger partial charge in [0.05, 0.1) is 31.0 Å². The van der Waals surface area contributed by atoms with Gasteiger partial charge >= 0.3 is 13.6 Å². The third kappa shape index (κ3) is 5.81. The van der Waals surface area contributed by atoms with Crippen LogP contribution in [0.2, 0.25) is 0 Å². The van der Waals surface area contributed by atoms with Crippen LogP contribution in [0.25, 0.3) is 22.2 Å². The summed E-state index contributed by atoms with van der Waals surface area (Å²) >= 11 is 8.53. The lowest BCUT2D eigenvalue weighted by atomic mass is 10.1. The highest BCUT2D eigenvalue weighted by molar-refractivity contribution is 8.44. The van der Waals surface area contributed by atoms with Crippen LogP contribution in [0.1, 0.15) is 25.1 Å². The molecule has 3 fully saturated rings. The zero-order valence-corrected chi connectivity index (χ0v) is 27.1. The molecule has 0 aromatic carbocycles. The smallest absolute Gasteiger partial charge is 0.383 e. The summed E-state index contributed by atoms with van der Waals surface area (Å²) in [6.45, 7) is -8.55. The molecule has 0 amide bonds. The summed E-state index contributed by atoms with van der Waals surface area (Å²) in [5, 5.41) is 0.694. The van der Waals surface area contributed by atoms with Crippen LogP contribution < -0.4 is 17.0 Å². The van der Waals surface area contributed by atoms with Crippen molar-refractivity contribution in [2.45, 2.75) is 49.5 Å².